The number of unbranched alkanes of at least 4 members (excludes halogenated alkanes) is 23. The molecule has 44 heavy (non-hydrogen) atoms. The van der Waals surface area contributed by atoms with Crippen molar-refractivity contribution < 1.29 is 19.2 Å². The van der Waals surface area contributed by atoms with Crippen LogP contribution in [0.2, 0.25) is 0 Å². The van der Waals surface area contributed by atoms with Gasteiger partial charge in [-0.05, 0) is 50.5 Å². The van der Waals surface area contributed by atoms with Gasteiger partial charge in [0.2, 0.25) is 0 Å². The van der Waals surface area contributed by atoms with Crippen molar-refractivity contribution in [3.8, 4) is 0 Å². The molecule has 0 radical (unpaired) electrons. The highest BCUT2D eigenvalue weighted by Crippen LogP contribution is 2.32. The van der Waals surface area contributed by atoms with Crippen LogP contribution in [0.4, 0.5) is 0 Å². The van der Waals surface area contributed by atoms with Crippen LogP contribution in [0.25, 0.3) is 0 Å². The molecule has 1 N–H and O–H groups in total. The third kappa shape index (κ3) is 27.7. The molecule has 2 atom stereocenters. The molecule has 0 aromatic heterocycles. The number of aliphatic hydroxyl groups is 1. The zero-order chi connectivity index (χ0) is 32.7. The van der Waals surface area contributed by atoms with Gasteiger partial charge in [0, 0.05) is 12.2 Å². The van der Waals surface area contributed by atoms with E-state index in [2.05, 4.69) is 26.0 Å². The number of nitrogens with zero attached hydrogens (tertiary/aromatic N) is 1. The van der Waals surface area contributed by atoms with Gasteiger partial charge in [0.05, 0.1) is 21.1 Å². The molecule has 0 amide bonds. The van der Waals surface area contributed by atoms with E-state index in [0.717, 1.165) is 25.7 Å². The van der Waals surface area contributed by atoms with Crippen molar-refractivity contribution >= 4 is 19.9 Å². The average Bonchev–Trinajstić information content (AvgIpc) is 2.99. The maximum Gasteiger partial charge on any atom is 0.164 e. The Labute approximate surface area is 277 Å². The molecule has 0 aliphatic rings. The van der Waals surface area contributed by atoms with Gasteiger partial charge in [-0.15, -0.1) is 0 Å². The summed E-state index contributed by atoms with van der Waals surface area (Å²) in [7, 11) is 6.53. The number of Topliss-reactive ketones (excluding diaryl/α,β-unsaturated/α-hetero) is 1. The van der Waals surface area contributed by atoms with Crippen LogP contribution < -0.4 is 0 Å². The van der Waals surface area contributed by atoms with E-state index in [1.165, 1.54) is 141 Å². The summed E-state index contributed by atoms with van der Waals surface area (Å²) < 4.78 is 0.422. The quantitative estimate of drug-likeness (QED) is 0.0330. The smallest absolute Gasteiger partial charge is 0.164 e. The first kappa shape index (κ1) is 43.4. The highest BCUT2D eigenvalue weighted by molar-refractivity contribution is 7.58. The van der Waals surface area contributed by atoms with E-state index in [1.54, 1.807) is 0 Å². The van der Waals surface area contributed by atoms with Gasteiger partial charge < -0.3 is 23.0 Å². The second-order valence-corrected chi connectivity index (χ2v) is 15.6. The number of quaternary nitrogens is 1. The number of aliphatic hydroxyl groups excluding tert-OH is 1. The molecule has 260 valence electrons. The predicted octanol–water partition coefficient (Wildman–Crippen LogP) is 11.9. The summed E-state index contributed by atoms with van der Waals surface area (Å²) in [4.78, 5) is 25.6. The van der Waals surface area contributed by atoms with Crippen LogP contribution in [-0.4, -0.2) is 53.9 Å². The predicted molar refractivity (Wildman–Crippen MR) is 195 cm³/mol. The Morgan fingerprint density at radius 2 is 0.886 bits per heavy atom. The molecule has 0 saturated carbocycles. The molecule has 0 rings (SSSR count). The number of likely N-dealkylation sites (N-methyl/N-ethyl adjacent to an activating group) is 1. The van der Waals surface area contributed by atoms with Crippen LogP contribution in [0.5, 0.6) is 0 Å². The SMILES string of the molecule is CCCCCCCC/C=C\CCCCCCCC(=O)[P-]C(C(O)C(=O)CCCCCCCCCCCCCCC)[N+](C)(C)C. The average molecular weight is 638 g/mol. The van der Waals surface area contributed by atoms with Crippen LogP contribution in [0.3, 0.4) is 0 Å². The summed E-state index contributed by atoms with van der Waals surface area (Å²) >= 11 is 0. The Morgan fingerprint density at radius 3 is 1.27 bits per heavy atom. The van der Waals surface area contributed by atoms with Gasteiger partial charge in [-0.3, -0.25) is 4.79 Å². The molecule has 0 aromatic carbocycles. The molecule has 0 bridgehead atoms. The number of ketones is 1. The molecule has 0 aromatic rings. The lowest BCUT2D eigenvalue weighted by atomic mass is 10.0. The van der Waals surface area contributed by atoms with E-state index in [-0.39, 0.29) is 17.1 Å². The fourth-order valence-corrected chi connectivity index (χ4v) is 7.09. The Kier molecular flexibility index (Phi) is 30.6. The first-order valence-electron chi connectivity index (χ1n) is 19.1. The standard InChI is InChI=1S/C39H76NO3P/c1-6-8-10-12-14-16-18-20-21-23-25-27-29-31-33-35-37(42)44-39(40(3,4)5)38(43)36(41)34-32-30-28-26-24-22-19-17-15-13-11-9-7-2/h20-21,38-39,43H,6-19,22-35H2,1-5H3/b21-20-. The lowest BCUT2D eigenvalue weighted by Crippen LogP contribution is -2.52. The van der Waals surface area contributed by atoms with Gasteiger partial charge in [0.1, 0.15) is 6.10 Å². The second-order valence-electron chi connectivity index (χ2n) is 14.3. The number of allylic oxidation sites excluding steroid dienone is 2. The monoisotopic (exact) mass is 638 g/mol. The minimum Gasteiger partial charge on any atom is -0.396 e. The van der Waals surface area contributed by atoms with Crippen molar-refractivity contribution in [2.45, 2.75) is 206 Å². The Hall–Kier alpha value is -0.570. The number of hydrogen-bond donors (Lipinski definition) is 1. The molecule has 0 saturated heterocycles. The molecule has 0 fully saturated rings. The maximum absolute atomic E-state index is 12.8. The molecular weight excluding hydrogens is 561 g/mol. The van der Waals surface area contributed by atoms with Crippen molar-refractivity contribution in [2.24, 2.45) is 0 Å². The van der Waals surface area contributed by atoms with Crippen molar-refractivity contribution in [3.05, 3.63) is 12.2 Å². The van der Waals surface area contributed by atoms with Gasteiger partial charge in [0.15, 0.2) is 5.78 Å². The summed E-state index contributed by atoms with van der Waals surface area (Å²) in [5.74, 6) is -0.479. The summed E-state index contributed by atoms with van der Waals surface area (Å²) in [6.07, 6.45) is 37.4. The fraction of sp³-hybridized carbons (Fsp3) is 0.897. The molecule has 0 heterocycles. The summed E-state index contributed by atoms with van der Waals surface area (Å²) in [5.41, 5.74) is 0.161. The van der Waals surface area contributed by atoms with Crippen LogP contribution in [0.1, 0.15) is 194 Å². The van der Waals surface area contributed by atoms with Gasteiger partial charge >= 0.3 is 0 Å². The van der Waals surface area contributed by atoms with Gasteiger partial charge in [-0.25, -0.2) is 0 Å². The van der Waals surface area contributed by atoms with Gasteiger partial charge in [0.25, 0.3) is 0 Å². The molecule has 0 spiro atoms. The maximum atomic E-state index is 12.8. The van der Waals surface area contributed by atoms with E-state index in [4.69, 9.17) is 0 Å². The van der Waals surface area contributed by atoms with Crippen LogP contribution in [0, 0.1) is 0 Å². The summed E-state index contributed by atoms with van der Waals surface area (Å²) in [6, 6.07) is 0. The highest BCUT2D eigenvalue weighted by Gasteiger charge is 2.29. The molecule has 0 aliphatic heterocycles. The fourth-order valence-electron chi connectivity index (χ4n) is 5.86. The molecule has 4 nitrogen and oxygen atoms in total. The normalized spacial score (nSPS) is 13.8. The first-order chi connectivity index (χ1) is 21.2. The third-order valence-corrected chi connectivity index (χ3v) is 10.6. The first-order valence-corrected chi connectivity index (χ1v) is 20.1. The van der Waals surface area contributed by atoms with E-state index < -0.39 is 6.10 Å². The second kappa shape index (κ2) is 31.1. The number of rotatable bonds is 34. The molecule has 5 heteroatoms. The highest BCUT2D eigenvalue weighted by atomic mass is 31.1. The topological polar surface area (TPSA) is 54.4 Å². The van der Waals surface area contributed by atoms with Gasteiger partial charge in [-0.2, -0.15) is 0 Å². The molecular formula is C39H76NO3P. The largest absolute Gasteiger partial charge is 0.396 e. The van der Waals surface area contributed by atoms with Crippen molar-refractivity contribution in [1.82, 2.24) is 0 Å². The Bertz CT molecular complexity index is 687. The minimum absolute atomic E-state index is 0.0903. The van der Waals surface area contributed by atoms with Crippen LogP contribution in [0.15, 0.2) is 12.2 Å². The lowest BCUT2D eigenvalue weighted by molar-refractivity contribution is -0.883. The van der Waals surface area contributed by atoms with Crippen molar-refractivity contribution in [3.63, 3.8) is 0 Å². The third-order valence-electron chi connectivity index (χ3n) is 8.86. The zero-order valence-corrected chi connectivity index (χ0v) is 31.2. The molecule has 2 unspecified atom stereocenters. The van der Waals surface area contributed by atoms with E-state index in [9.17, 15) is 14.7 Å². The Morgan fingerprint density at radius 1 is 0.545 bits per heavy atom. The minimum atomic E-state index is -1.06. The number of carbonyl (C=O) groups excluding carboxylic acids is 2. The van der Waals surface area contributed by atoms with E-state index >= 15 is 0 Å². The van der Waals surface area contributed by atoms with Crippen LogP contribution >= 0.6 is 8.58 Å². The lowest BCUT2D eigenvalue weighted by Gasteiger charge is -2.44. The number of hydrogen-bond acceptors (Lipinski definition) is 3. The summed E-state index contributed by atoms with van der Waals surface area (Å²) in [6.45, 7) is 4.53. The zero-order valence-electron chi connectivity index (χ0n) is 30.3. The molecule has 0 aliphatic carbocycles. The number of carbonyl (C=O) groups is 2. The Balaban J connectivity index is 3.96. The van der Waals surface area contributed by atoms with Crippen molar-refractivity contribution in [2.75, 3.05) is 21.1 Å². The van der Waals surface area contributed by atoms with Crippen LogP contribution in [-0.2, 0) is 9.59 Å². The van der Waals surface area contributed by atoms with Crippen molar-refractivity contribution in [1.29, 1.82) is 0 Å². The van der Waals surface area contributed by atoms with E-state index in [1.807, 2.05) is 21.1 Å². The van der Waals surface area contributed by atoms with E-state index in [0.29, 0.717) is 25.9 Å². The van der Waals surface area contributed by atoms with Gasteiger partial charge in [-0.1, -0.05) is 154 Å². The summed E-state index contributed by atoms with van der Waals surface area (Å²) in [5, 5.41) is 10.9.